The van der Waals surface area contributed by atoms with Gasteiger partial charge in [0.05, 0.1) is 13.2 Å². The van der Waals surface area contributed by atoms with Gasteiger partial charge in [0.2, 0.25) is 0 Å². The molecule has 0 spiro atoms. The molecule has 0 amide bonds. The molecule has 0 saturated heterocycles. The summed E-state index contributed by atoms with van der Waals surface area (Å²) in [5, 5.41) is 0.748. The SMILES string of the molecule is Cc1c2c(cc(Cl)c1C(C)CCN)OCCCO2. The number of rotatable bonds is 3. The maximum atomic E-state index is 6.37. The van der Waals surface area contributed by atoms with E-state index >= 15 is 0 Å². The molecule has 1 unspecified atom stereocenters. The number of nitrogens with two attached hydrogens (primary N) is 1. The molecule has 2 rings (SSSR count). The average Bonchev–Trinajstić information content (AvgIpc) is 2.54. The standard InChI is InChI=1S/C14H20ClNO2/c1-9(4-5-16)13-10(2)14-12(8-11(13)15)17-6-3-7-18-14/h8-9H,3-7,16H2,1-2H3. The maximum Gasteiger partial charge on any atom is 0.164 e. The molecule has 0 saturated carbocycles. The van der Waals surface area contributed by atoms with Crippen molar-refractivity contribution < 1.29 is 9.47 Å². The highest BCUT2D eigenvalue weighted by atomic mass is 35.5. The van der Waals surface area contributed by atoms with E-state index < -0.39 is 0 Å². The molecule has 1 heterocycles. The highest BCUT2D eigenvalue weighted by Crippen LogP contribution is 2.42. The Bertz CT molecular complexity index is 434. The first-order valence-electron chi connectivity index (χ1n) is 6.43. The van der Waals surface area contributed by atoms with E-state index in [0.29, 0.717) is 25.7 Å². The fraction of sp³-hybridized carbons (Fsp3) is 0.571. The second kappa shape index (κ2) is 5.81. The van der Waals surface area contributed by atoms with Gasteiger partial charge in [-0.1, -0.05) is 18.5 Å². The average molecular weight is 270 g/mol. The first-order chi connectivity index (χ1) is 8.65. The molecule has 1 aliphatic heterocycles. The summed E-state index contributed by atoms with van der Waals surface area (Å²) in [5.41, 5.74) is 7.85. The second-order valence-electron chi connectivity index (χ2n) is 4.75. The largest absolute Gasteiger partial charge is 0.489 e. The third-order valence-corrected chi connectivity index (χ3v) is 3.68. The van der Waals surface area contributed by atoms with Gasteiger partial charge in [-0.25, -0.2) is 0 Å². The molecule has 0 aliphatic carbocycles. The lowest BCUT2D eigenvalue weighted by atomic mass is 9.92. The van der Waals surface area contributed by atoms with E-state index in [4.69, 9.17) is 26.8 Å². The molecule has 18 heavy (non-hydrogen) atoms. The third kappa shape index (κ3) is 2.57. The summed E-state index contributed by atoms with van der Waals surface area (Å²) in [6, 6.07) is 1.87. The van der Waals surface area contributed by atoms with Crippen molar-refractivity contribution in [2.45, 2.75) is 32.6 Å². The summed E-state index contributed by atoms with van der Waals surface area (Å²) in [6.07, 6.45) is 1.82. The minimum absolute atomic E-state index is 0.333. The second-order valence-corrected chi connectivity index (χ2v) is 5.16. The Morgan fingerprint density at radius 3 is 2.83 bits per heavy atom. The van der Waals surface area contributed by atoms with Crippen LogP contribution in [0.1, 0.15) is 36.8 Å². The monoisotopic (exact) mass is 269 g/mol. The van der Waals surface area contributed by atoms with Crippen LogP contribution in [-0.4, -0.2) is 19.8 Å². The Hall–Kier alpha value is -0.930. The highest BCUT2D eigenvalue weighted by molar-refractivity contribution is 6.31. The molecule has 0 radical (unpaired) electrons. The van der Waals surface area contributed by atoms with Crippen LogP contribution in [0.3, 0.4) is 0 Å². The summed E-state index contributed by atoms with van der Waals surface area (Å²) in [5.74, 6) is 1.94. The molecule has 1 aliphatic rings. The Kier molecular flexibility index (Phi) is 4.36. The number of hydrogen-bond donors (Lipinski definition) is 1. The van der Waals surface area contributed by atoms with Crippen LogP contribution in [0.25, 0.3) is 0 Å². The molecular formula is C14H20ClNO2. The van der Waals surface area contributed by atoms with Crippen LogP contribution in [0, 0.1) is 6.92 Å². The van der Waals surface area contributed by atoms with E-state index in [1.54, 1.807) is 0 Å². The summed E-state index contributed by atoms with van der Waals surface area (Å²) in [7, 11) is 0. The van der Waals surface area contributed by atoms with Crippen LogP contribution in [0.4, 0.5) is 0 Å². The molecule has 0 bridgehead atoms. The molecule has 1 atom stereocenters. The van der Waals surface area contributed by atoms with Crippen LogP contribution in [-0.2, 0) is 0 Å². The van der Waals surface area contributed by atoms with Crippen molar-refractivity contribution in [2.24, 2.45) is 5.73 Å². The number of benzene rings is 1. The van der Waals surface area contributed by atoms with Gasteiger partial charge in [0.25, 0.3) is 0 Å². The van der Waals surface area contributed by atoms with Crippen LogP contribution >= 0.6 is 11.6 Å². The number of halogens is 1. The van der Waals surface area contributed by atoms with Crippen LogP contribution in [0.15, 0.2) is 6.07 Å². The third-order valence-electron chi connectivity index (χ3n) is 3.37. The van der Waals surface area contributed by atoms with Gasteiger partial charge in [-0.05, 0) is 36.9 Å². The van der Waals surface area contributed by atoms with Gasteiger partial charge >= 0.3 is 0 Å². The molecule has 1 aromatic carbocycles. The summed E-state index contributed by atoms with van der Waals surface area (Å²) >= 11 is 6.37. The van der Waals surface area contributed by atoms with Crippen molar-refractivity contribution in [3.63, 3.8) is 0 Å². The molecular weight excluding hydrogens is 250 g/mol. The van der Waals surface area contributed by atoms with E-state index in [0.717, 1.165) is 40.5 Å². The Morgan fingerprint density at radius 1 is 1.39 bits per heavy atom. The normalized spacial score (nSPS) is 16.2. The minimum atomic E-state index is 0.333. The quantitative estimate of drug-likeness (QED) is 0.916. The lowest BCUT2D eigenvalue weighted by Crippen LogP contribution is -2.07. The van der Waals surface area contributed by atoms with E-state index in [9.17, 15) is 0 Å². The minimum Gasteiger partial charge on any atom is -0.489 e. The van der Waals surface area contributed by atoms with Crippen molar-refractivity contribution in [1.29, 1.82) is 0 Å². The lowest BCUT2D eigenvalue weighted by Gasteiger charge is -2.20. The van der Waals surface area contributed by atoms with Gasteiger partial charge < -0.3 is 15.2 Å². The van der Waals surface area contributed by atoms with Crippen molar-refractivity contribution in [1.82, 2.24) is 0 Å². The number of ether oxygens (including phenoxy) is 2. The Balaban J connectivity index is 2.45. The predicted molar refractivity (Wildman–Crippen MR) is 73.9 cm³/mol. The smallest absolute Gasteiger partial charge is 0.164 e. The van der Waals surface area contributed by atoms with Gasteiger partial charge in [-0.2, -0.15) is 0 Å². The topological polar surface area (TPSA) is 44.5 Å². The summed E-state index contributed by atoms with van der Waals surface area (Å²) < 4.78 is 11.5. The molecule has 0 aromatic heterocycles. The van der Waals surface area contributed by atoms with Crippen molar-refractivity contribution in [3.8, 4) is 11.5 Å². The van der Waals surface area contributed by atoms with Crippen LogP contribution in [0.5, 0.6) is 11.5 Å². The van der Waals surface area contributed by atoms with Crippen LogP contribution in [0.2, 0.25) is 5.02 Å². The van der Waals surface area contributed by atoms with Gasteiger partial charge in [0.15, 0.2) is 11.5 Å². The highest BCUT2D eigenvalue weighted by Gasteiger charge is 2.21. The summed E-state index contributed by atoms with van der Waals surface area (Å²) in [6.45, 7) is 6.22. The van der Waals surface area contributed by atoms with E-state index in [1.165, 1.54) is 0 Å². The van der Waals surface area contributed by atoms with Crippen molar-refractivity contribution >= 4 is 11.6 Å². The number of hydrogen-bond acceptors (Lipinski definition) is 3. The van der Waals surface area contributed by atoms with E-state index in [1.807, 2.05) is 13.0 Å². The lowest BCUT2D eigenvalue weighted by molar-refractivity contribution is 0.296. The predicted octanol–water partition coefficient (Wildman–Crippen LogP) is 3.26. The molecule has 4 heteroatoms. The molecule has 2 N–H and O–H groups in total. The first-order valence-corrected chi connectivity index (χ1v) is 6.81. The zero-order chi connectivity index (χ0) is 13.1. The van der Waals surface area contributed by atoms with Crippen molar-refractivity contribution in [2.75, 3.05) is 19.8 Å². The zero-order valence-corrected chi connectivity index (χ0v) is 11.7. The molecule has 100 valence electrons. The van der Waals surface area contributed by atoms with Gasteiger partial charge in [0, 0.05) is 17.5 Å². The van der Waals surface area contributed by atoms with Crippen LogP contribution < -0.4 is 15.2 Å². The zero-order valence-electron chi connectivity index (χ0n) is 11.0. The first kappa shape index (κ1) is 13.5. The van der Waals surface area contributed by atoms with Gasteiger partial charge in [0.1, 0.15) is 0 Å². The Labute approximate surface area is 113 Å². The van der Waals surface area contributed by atoms with Gasteiger partial charge in [-0.3, -0.25) is 0 Å². The molecule has 0 fully saturated rings. The summed E-state index contributed by atoms with van der Waals surface area (Å²) in [4.78, 5) is 0. The van der Waals surface area contributed by atoms with E-state index in [-0.39, 0.29) is 0 Å². The fourth-order valence-electron chi connectivity index (χ4n) is 2.45. The molecule has 1 aromatic rings. The Morgan fingerprint density at radius 2 is 2.11 bits per heavy atom. The fourth-order valence-corrected chi connectivity index (χ4v) is 2.87. The van der Waals surface area contributed by atoms with Gasteiger partial charge in [-0.15, -0.1) is 0 Å². The number of fused-ring (bicyclic) bond motifs is 1. The van der Waals surface area contributed by atoms with Crippen molar-refractivity contribution in [3.05, 3.63) is 22.2 Å². The van der Waals surface area contributed by atoms with E-state index in [2.05, 4.69) is 6.92 Å². The molecule has 3 nitrogen and oxygen atoms in total. The maximum absolute atomic E-state index is 6.37.